The van der Waals surface area contributed by atoms with Gasteiger partial charge in [-0.3, -0.25) is 4.90 Å². The van der Waals surface area contributed by atoms with Crippen LogP contribution in [0.2, 0.25) is 0 Å². The van der Waals surface area contributed by atoms with Crippen molar-refractivity contribution in [2.45, 2.75) is 12.5 Å². The zero-order chi connectivity index (χ0) is 14.6. The van der Waals surface area contributed by atoms with E-state index in [1.165, 1.54) is 0 Å². The van der Waals surface area contributed by atoms with Crippen molar-refractivity contribution in [1.29, 1.82) is 0 Å². The van der Waals surface area contributed by atoms with Gasteiger partial charge in [-0.05, 0) is 18.6 Å². The van der Waals surface area contributed by atoms with Crippen LogP contribution in [0.25, 0.3) is 0 Å². The van der Waals surface area contributed by atoms with Crippen molar-refractivity contribution in [1.82, 2.24) is 15.1 Å². The fraction of sp³-hybridized carbons (Fsp3) is 0.917. The molecule has 0 aromatic carbocycles. The van der Waals surface area contributed by atoms with Crippen molar-refractivity contribution in [2.24, 2.45) is 0 Å². The Kier molecular flexibility index (Phi) is 5.59. The van der Waals surface area contributed by atoms with Crippen molar-refractivity contribution in [2.75, 3.05) is 57.9 Å². The fourth-order valence-electron chi connectivity index (χ4n) is 2.73. The largest absolute Gasteiger partial charge is 0.383 e. The molecule has 0 unspecified atom stereocenters. The van der Waals surface area contributed by atoms with E-state index in [4.69, 9.17) is 17.0 Å². The minimum absolute atomic E-state index is 0.206. The molecule has 0 aromatic rings. The Morgan fingerprint density at radius 1 is 1.35 bits per heavy atom. The Bertz CT molecular complexity index is 433. The molecule has 6 nitrogen and oxygen atoms in total. The summed E-state index contributed by atoms with van der Waals surface area (Å²) < 4.78 is 28.0. The van der Waals surface area contributed by atoms with Gasteiger partial charge in [-0.2, -0.15) is 0 Å². The molecule has 2 heterocycles. The molecule has 1 atom stereocenters. The first-order valence-electron chi connectivity index (χ1n) is 6.98. The van der Waals surface area contributed by atoms with E-state index in [0.717, 1.165) is 44.3 Å². The van der Waals surface area contributed by atoms with Gasteiger partial charge >= 0.3 is 0 Å². The smallest absolute Gasteiger partial charge is 0.169 e. The Morgan fingerprint density at radius 3 is 2.60 bits per heavy atom. The average molecular weight is 321 g/mol. The second-order valence-electron chi connectivity index (χ2n) is 5.30. The maximum atomic E-state index is 11.5. The monoisotopic (exact) mass is 321 g/mol. The van der Waals surface area contributed by atoms with Crippen LogP contribution in [-0.2, 0) is 14.6 Å². The molecule has 2 saturated heterocycles. The number of ether oxygens (including phenoxy) is 1. The van der Waals surface area contributed by atoms with E-state index < -0.39 is 9.84 Å². The third-order valence-electron chi connectivity index (χ3n) is 3.91. The fourth-order valence-corrected chi connectivity index (χ4v) is 4.77. The summed E-state index contributed by atoms with van der Waals surface area (Å²) in [5.74, 6) is 0.665. The molecular formula is C12H23N3O3S2. The van der Waals surface area contributed by atoms with Gasteiger partial charge in [0.2, 0.25) is 0 Å². The van der Waals surface area contributed by atoms with Gasteiger partial charge in [0, 0.05) is 45.9 Å². The first kappa shape index (κ1) is 15.9. The summed E-state index contributed by atoms with van der Waals surface area (Å²) in [4.78, 5) is 4.43. The van der Waals surface area contributed by atoms with Crippen molar-refractivity contribution in [3.63, 3.8) is 0 Å². The molecule has 2 aliphatic rings. The average Bonchev–Trinajstić information content (AvgIpc) is 2.79. The third-order valence-corrected chi connectivity index (χ3v) is 6.06. The van der Waals surface area contributed by atoms with E-state index in [9.17, 15) is 8.42 Å². The lowest BCUT2D eigenvalue weighted by molar-refractivity contribution is 0.141. The van der Waals surface area contributed by atoms with E-state index in [2.05, 4.69) is 15.1 Å². The molecule has 0 aliphatic carbocycles. The van der Waals surface area contributed by atoms with E-state index in [1.807, 2.05) is 0 Å². The molecule has 2 fully saturated rings. The molecule has 0 aromatic heterocycles. The van der Waals surface area contributed by atoms with Gasteiger partial charge in [-0.1, -0.05) is 0 Å². The van der Waals surface area contributed by atoms with Crippen molar-refractivity contribution < 1.29 is 13.2 Å². The van der Waals surface area contributed by atoms with Crippen LogP contribution in [-0.4, -0.2) is 87.3 Å². The maximum absolute atomic E-state index is 11.5. The number of sulfone groups is 1. The van der Waals surface area contributed by atoms with Crippen LogP contribution in [0.4, 0.5) is 0 Å². The molecule has 0 spiro atoms. The number of piperazine rings is 1. The van der Waals surface area contributed by atoms with Crippen LogP contribution >= 0.6 is 12.2 Å². The molecule has 0 bridgehead atoms. The zero-order valence-corrected chi connectivity index (χ0v) is 13.5. The van der Waals surface area contributed by atoms with Crippen LogP contribution in [0.15, 0.2) is 0 Å². The summed E-state index contributed by atoms with van der Waals surface area (Å²) in [5, 5.41) is 3.93. The summed E-state index contributed by atoms with van der Waals surface area (Å²) in [6.07, 6.45) is 0.777. The topological polar surface area (TPSA) is 61.9 Å². The predicted molar refractivity (Wildman–Crippen MR) is 82.7 cm³/mol. The van der Waals surface area contributed by atoms with E-state index in [-0.39, 0.29) is 6.04 Å². The molecular weight excluding hydrogens is 298 g/mol. The molecule has 0 radical (unpaired) electrons. The SMILES string of the molecule is COCCNC(=S)N1CCN([C@H]2CCS(=O)(=O)C2)CC1. The van der Waals surface area contributed by atoms with Gasteiger partial charge < -0.3 is 15.0 Å². The van der Waals surface area contributed by atoms with Crippen molar-refractivity contribution in [3.05, 3.63) is 0 Å². The van der Waals surface area contributed by atoms with Gasteiger partial charge in [0.1, 0.15) is 0 Å². The highest BCUT2D eigenvalue weighted by Crippen LogP contribution is 2.19. The lowest BCUT2D eigenvalue weighted by atomic mass is 10.2. The normalized spacial score (nSPS) is 26.6. The lowest BCUT2D eigenvalue weighted by Gasteiger charge is -2.38. The summed E-state index contributed by atoms with van der Waals surface area (Å²) in [6.45, 7) is 4.83. The molecule has 8 heteroatoms. The molecule has 1 N–H and O–H groups in total. The molecule has 0 saturated carbocycles. The van der Waals surface area contributed by atoms with Crippen LogP contribution < -0.4 is 5.32 Å². The molecule has 2 aliphatic heterocycles. The zero-order valence-electron chi connectivity index (χ0n) is 11.9. The van der Waals surface area contributed by atoms with Gasteiger partial charge in [-0.15, -0.1) is 0 Å². The highest BCUT2D eigenvalue weighted by molar-refractivity contribution is 7.91. The number of hydrogen-bond acceptors (Lipinski definition) is 5. The van der Waals surface area contributed by atoms with Crippen LogP contribution in [0.1, 0.15) is 6.42 Å². The number of rotatable bonds is 4. The highest BCUT2D eigenvalue weighted by Gasteiger charge is 2.33. The first-order chi connectivity index (χ1) is 9.52. The number of hydrogen-bond donors (Lipinski definition) is 1. The Morgan fingerprint density at radius 2 is 2.05 bits per heavy atom. The molecule has 116 valence electrons. The van der Waals surface area contributed by atoms with E-state index >= 15 is 0 Å². The minimum Gasteiger partial charge on any atom is -0.383 e. The number of nitrogens with one attached hydrogen (secondary N) is 1. The van der Waals surface area contributed by atoms with Crippen LogP contribution in [0.5, 0.6) is 0 Å². The summed E-state index contributed by atoms with van der Waals surface area (Å²) in [7, 11) is -1.13. The highest BCUT2D eigenvalue weighted by atomic mass is 32.2. The Labute approximate surface area is 126 Å². The van der Waals surface area contributed by atoms with Gasteiger partial charge in [-0.25, -0.2) is 8.42 Å². The number of thiocarbonyl (C=S) groups is 1. The number of methoxy groups -OCH3 is 1. The first-order valence-corrected chi connectivity index (χ1v) is 9.21. The van der Waals surface area contributed by atoms with E-state index in [1.54, 1.807) is 7.11 Å². The van der Waals surface area contributed by atoms with E-state index in [0.29, 0.717) is 18.1 Å². The Hall–Kier alpha value is -0.440. The second-order valence-corrected chi connectivity index (χ2v) is 7.92. The summed E-state index contributed by atoms with van der Waals surface area (Å²) in [5.41, 5.74) is 0. The van der Waals surface area contributed by atoms with Crippen LogP contribution in [0.3, 0.4) is 0 Å². The van der Waals surface area contributed by atoms with Crippen molar-refractivity contribution in [3.8, 4) is 0 Å². The lowest BCUT2D eigenvalue weighted by Crippen LogP contribution is -2.54. The quantitative estimate of drug-likeness (QED) is 0.543. The Balaban J connectivity index is 1.74. The molecule has 20 heavy (non-hydrogen) atoms. The second kappa shape index (κ2) is 7.02. The maximum Gasteiger partial charge on any atom is 0.169 e. The van der Waals surface area contributed by atoms with Gasteiger partial charge in [0.05, 0.1) is 18.1 Å². The predicted octanol–water partition coefficient (Wildman–Crippen LogP) is -0.688. The summed E-state index contributed by atoms with van der Waals surface area (Å²) in [6, 6.07) is 0.206. The minimum atomic E-state index is -2.80. The van der Waals surface area contributed by atoms with Gasteiger partial charge in [0.25, 0.3) is 0 Å². The van der Waals surface area contributed by atoms with Crippen LogP contribution in [0, 0.1) is 0 Å². The summed E-state index contributed by atoms with van der Waals surface area (Å²) >= 11 is 5.34. The molecule has 0 amide bonds. The number of nitrogens with zero attached hydrogens (tertiary/aromatic N) is 2. The van der Waals surface area contributed by atoms with Gasteiger partial charge in [0.15, 0.2) is 14.9 Å². The van der Waals surface area contributed by atoms with Crippen molar-refractivity contribution >= 4 is 27.2 Å². The third kappa shape index (κ3) is 4.28. The molecule has 2 rings (SSSR count). The standard InChI is InChI=1S/C12H23N3O3S2/c1-18-8-3-13-12(19)15-6-4-14(5-7-15)11-2-9-20(16,17)10-11/h11H,2-10H2,1H3,(H,13,19)/t11-/m0/s1.